The highest BCUT2D eigenvalue weighted by Crippen LogP contribution is 2.27. The van der Waals surface area contributed by atoms with Gasteiger partial charge in [-0.15, -0.1) is 0 Å². The zero-order valence-corrected chi connectivity index (χ0v) is 14.6. The van der Waals surface area contributed by atoms with E-state index in [2.05, 4.69) is 39.4 Å². The predicted octanol–water partition coefficient (Wildman–Crippen LogP) is 2.59. The highest BCUT2D eigenvalue weighted by molar-refractivity contribution is 5.81. The second-order valence-corrected chi connectivity index (χ2v) is 6.86. The maximum absolute atomic E-state index is 12.7. The highest BCUT2D eigenvalue weighted by Gasteiger charge is 2.24. The number of rotatable bonds is 4. The van der Waals surface area contributed by atoms with Crippen LogP contribution in [0.1, 0.15) is 36.4 Å². The van der Waals surface area contributed by atoms with Gasteiger partial charge in [-0.25, -0.2) is 0 Å². The summed E-state index contributed by atoms with van der Waals surface area (Å²) in [4.78, 5) is 29.3. The molecule has 1 saturated heterocycles. The van der Waals surface area contributed by atoms with E-state index < -0.39 is 0 Å². The third-order valence-corrected chi connectivity index (χ3v) is 5.19. The molecule has 1 atom stereocenters. The third kappa shape index (κ3) is 3.27. The molecule has 2 N–H and O–H groups in total. The van der Waals surface area contributed by atoms with Crippen molar-refractivity contribution in [1.82, 2.24) is 20.1 Å². The van der Waals surface area contributed by atoms with Gasteiger partial charge in [-0.05, 0) is 30.9 Å². The lowest BCUT2D eigenvalue weighted by atomic mass is 9.90. The van der Waals surface area contributed by atoms with Crippen LogP contribution in [-0.4, -0.2) is 39.1 Å². The van der Waals surface area contributed by atoms with Crippen molar-refractivity contribution >= 4 is 16.8 Å². The van der Waals surface area contributed by atoms with Crippen LogP contribution in [-0.2, 0) is 11.2 Å². The number of likely N-dealkylation sites (tertiary alicyclic amines) is 1. The normalized spacial score (nSPS) is 17.5. The number of fused-ring (bicyclic) bond motifs is 1. The van der Waals surface area contributed by atoms with Gasteiger partial charge in [-0.3, -0.25) is 14.7 Å². The lowest BCUT2D eigenvalue weighted by Gasteiger charge is -2.33. The van der Waals surface area contributed by atoms with E-state index in [1.54, 1.807) is 12.3 Å². The van der Waals surface area contributed by atoms with Crippen molar-refractivity contribution in [2.24, 2.45) is 0 Å². The molecule has 6 nitrogen and oxygen atoms in total. The Balaban J connectivity index is 1.42. The standard InChI is InChI=1S/C20H22N4O2/c25-18(9-8-16-19-17(23-22-16)10-11-21-20(19)26)24-12-4-7-15(13-24)14-5-2-1-3-6-14/h1-3,5-6,10-11,15H,4,7-9,12-13H2,(H,21,26)(H,22,23)/t15-/m0/s1. The van der Waals surface area contributed by atoms with Crippen LogP contribution in [0.5, 0.6) is 0 Å². The molecule has 1 fully saturated rings. The first kappa shape index (κ1) is 16.6. The van der Waals surface area contributed by atoms with Crippen molar-refractivity contribution in [3.05, 3.63) is 64.2 Å². The number of aryl methyl sites for hydroxylation is 1. The number of piperidine rings is 1. The van der Waals surface area contributed by atoms with Crippen LogP contribution in [0, 0.1) is 0 Å². The Kier molecular flexibility index (Phi) is 4.56. The molecule has 0 bridgehead atoms. The lowest BCUT2D eigenvalue weighted by Crippen LogP contribution is -2.39. The van der Waals surface area contributed by atoms with Gasteiger partial charge >= 0.3 is 0 Å². The summed E-state index contributed by atoms with van der Waals surface area (Å²) >= 11 is 0. The number of H-pyrrole nitrogens is 2. The van der Waals surface area contributed by atoms with E-state index in [1.807, 2.05) is 11.0 Å². The zero-order valence-electron chi connectivity index (χ0n) is 14.6. The quantitative estimate of drug-likeness (QED) is 0.759. The van der Waals surface area contributed by atoms with Gasteiger partial charge in [0.2, 0.25) is 5.91 Å². The molecule has 1 amide bonds. The number of hydrogen-bond acceptors (Lipinski definition) is 3. The number of nitrogens with one attached hydrogen (secondary N) is 2. The molecule has 1 aliphatic rings. The molecule has 3 aromatic rings. The van der Waals surface area contributed by atoms with E-state index >= 15 is 0 Å². The molecule has 1 aliphatic heterocycles. The molecule has 1 aromatic carbocycles. The summed E-state index contributed by atoms with van der Waals surface area (Å²) in [6.07, 6.45) is 4.60. The van der Waals surface area contributed by atoms with Crippen LogP contribution < -0.4 is 5.56 Å². The minimum Gasteiger partial charge on any atom is -0.342 e. The minimum atomic E-state index is -0.166. The van der Waals surface area contributed by atoms with E-state index in [4.69, 9.17) is 0 Å². The molecule has 6 heteroatoms. The molecule has 0 aliphatic carbocycles. The summed E-state index contributed by atoms with van der Waals surface area (Å²) in [6.45, 7) is 1.58. The van der Waals surface area contributed by atoms with Crippen LogP contribution in [0.4, 0.5) is 0 Å². The zero-order chi connectivity index (χ0) is 17.9. The summed E-state index contributed by atoms with van der Waals surface area (Å²) in [5.41, 5.74) is 2.50. The molecular weight excluding hydrogens is 328 g/mol. The lowest BCUT2D eigenvalue weighted by molar-refractivity contribution is -0.132. The fraction of sp³-hybridized carbons (Fsp3) is 0.350. The molecule has 0 unspecified atom stereocenters. The molecule has 0 saturated carbocycles. The number of amides is 1. The minimum absolute atomic E-state index is 0.140. The fourth-order valence-electron chi connectivity index (χ4n) is 3.81. The van der Waals surface area contributed by atoms with Gasteiger partial charge in [0.25, 0.3) is 5.56 Å². The number of aromatic nitrogens is 3. The molecule has 3 heterocycles. The van der Waals surface area contributed by atoms with Crippen molar-refractivity contribution in [3.63, 3.8) is 0 Å². The number of nitrogens with zero attached hydrogens (tertiary/aromatic N) is 2. The Hall–Kier alpha value is -2.89. The maximum Gasteiger partial charge on any atom is 0.259 e. The average Bonchev–Trinajstić information content (AvgIpc) is 3.11. The number of carbonyl (C=O) groups excluding carboxylic acids is 1. The number of carbonyl (C=O) groups is 1. The summed E-state index contributed by atoms with van der Waals surface area (Å²) in [5, 5.41) is 7.62. The van der Waals surface area contributed by atoms with E-state index in [0.29, 0.717) is 29.7 Å². The van der Waals surface area contributed by atoms with Gasteiger partial charge in [0.05, 0.1) is 10.9 Å². The third-order valence-electron chi connectivity index (χ3n) is 5.19. The van der Waals surface area contributed by atoms with Gasteiger partial charge in [0.15, 0.2) is 0 Å². The van der Waals surface area contributed by atoms with Crippen molar-refractivity contribution < 1.29 is 4.79 Å². The Morgan fingerprint density at radius 3 is 2.92 bits per heavy atom. The Morgan fingerprint density at radius 1 is 1.23 bits per heavy atom. The Morgan fingerprint density at radius 2 is 2.08 bits per heavy atom. The van der Waals surface area contributed by atoms with Crippen molar-refractivity contribution in [2.75, 3.05) is 13.1 Å². The average molecular weight is 350 g/mol. The second-order valence-electron chi connectivity index (χ2n) is 6.86. The van der Waals surface area contributed by atoms with E-state index in [9.17, 15) is 9.59 Å². The number of benzene rings is 1. The number of pyridine rings is 1. The fourth-order valence-corrected chi connectivity index (χ4v) is 3.81. The van der Waals surface area contributed by atoms with E-state index in [1.165, 1.54) is 5.56 Å². The van der Waals surface area contributed by atoms with Crippen LogP contribution >= 0.6 is 0 Å². The van der Waals surface area contributed by atoms with Gasteiger partial charge in [0.1, 0.15) is 0 Å². The largest absolute Gasteiger partial charge is 0.342 e. The number of hydrogen-bond donors (Lipinski definition) is 2. The van der Waals surface area contributed by atoms with Crippen LogP contribution in [0.15, 0.2) is 47.4 Å². The molecule has 26 heavy (non-hydrogen) atoms. The van der Waals surface area contributed by atoms with Crippen LogP contribution in [0.2, 0.25) is 0 Å². The predicted molar refractivity (Wildman–Crippen MR) is 100 cm³/mol. The smallest absolute Gasteiger partial charge is 0.259 e. The van der Waals surface area contributed by atoms with E-state index in [0.717, 1.165) is 31.6 Å². The summed E-state index contributed by atoms with van der Waals surface area (Å²) in [6, 6.07) is 12.2. The van der Waals surface area contributed by atoms with Gasteiger partial charge < -0.3 is 9.88 Å². The topological polar surface area (TPSA) is 81.8 Å². The first-order chi connectivity index (χ1) is 12.7. The first-order valence-corrected chi connectivity index (χ1v) is 9.10. The molecule has 4 rings (SSSR count). The SMILES string of the molecule is O=C(CCc1[nH]nc2cc[nH]c(=O)c12)N1CCC[C@H](c2ccccc2)C1. The molecule has 0 spiro atoms. The van der Waals surface area contributed by atoms with Gasteiger partial charge in [-0.2, -0.15) is 5.10 Å². The van der Waals surface area contributed by atoms with Gasteiger partial charge in [-0.1, -0.05) is 30.3 Å². The van der Waals surface area contributed by atoms with Crippen LogP contribution in [0.25, 0.3) is 10.9 Å². The summed E-state index contributed by atoms with van der Waals surface area (Å²) in [5.74, 6) is 0.547. The molecule has 0 radical (unpaired) electrons. The number of aromatic amines is 2. The molecule has 134 valence electrons. The summed E-state index contributed by atoms with van der Waals surface area (Å²) < 4.78 is 0. The van der Waals surface area contributed by atoms with E-state index in [-0.39, 0.29) is 11.5 Å². The highest BCUT2D eigenvalue weighted by atomic mass is 16.2. The molecule has 2 aromatic heterocycles. The molecular formula is C20H22N4O2. The van der Waals surface area contributed by atoms with Crippen molar-refractivity contribution in [3.8, 4) is 0 Å². The summed E-state index contributed by atoms with van der Waals surface area (Å²) in [7, 11) is 0. The second kappa shape index (κ2) is 7.15. The van der Waals surface area contributed by atoms with Gasteiger partial charge in [0, 0.05) is 37.3 Å². The van der Waals surface area contributed by atoms with Crippen molar-refractivity contribution in [1.29, 1.82) is 0 Å². The first-order valence-electron chi connectivity index (χ1n) is 9.10. The Bertz CT molecular complexity index is 961. The maximum atomic E-state index is 12.7. The monoisotopic (exact) mass is 350 g/mol. The Labute approximate surface area is 151 Å². The van der Waals surface area contributed by atoms with Crippen molar-refractivity contribution in [2.45, 2.75) is 31.6 Å². The van der Waals surface area contributed by atoms with Crippen LogP contribution in [0.3, 0.4) is 0 Å².